The molecule has 3 N–H and O–H groups in total. The van der Waals surface area contributed by atoms with E-state index >= 15 is 0 Å². The van der Waals surface area contributed by atoms with Gasteiger partial charge in [-0.2, -0.15) is 5.26 Å². The van der Waals surface area contributed by atoms with Crippen molar-refractivity contribution in [2.24, 2.45) is 0 Å². The van der Waals surface area contributed by atoms with Crippen LogP contribution in [0.5, 0.6) is 0 Å². The largest absolute Gasteiger partial charge is 0.478 e. The second-order valence-electron chi connectivity index (χ2n) is 4.75. The average molecular weight is 298 g/mol. The maximum atomic E-state index is 11.2. The van der Waals surface area contributed by atoms with E-state index in [2.05, 4.69) is 25.6 Å². The Morgan fingerprint density at radius 3 is 2.50 bits per heavy atom. The third kappa shape index (κ3) is 3.67. The normalized spacial score (nSPS) is 10.1. The highest BCUT2D eigenvalue weighted by atomic mass is 16.4. The Bertz CT molecular complexity index is 721. The zero-order valence-electron chi connectivity index (χ0n) is 12.0. The summed E-state index contributed by atoms with van der Waals surface area (Å²) in [6.07, 6.45) is 4.03. The maximum absolute atomic E-state index is 11.2. The lowest BCUT2D eigenvalue weighted by Gasteiger charge is -2.14. The summed E-state index contributed by atoms with van der Waals surface area (Å²) >= 11 is 0. The van der Waals surface area contributed by atoms with Gasteiger partial charge in [-0.1, -0.05) is 0 Å². The van der Waals surface area contributed by atoms with Crippen LogP contribution in [0.2, 0.25) is 0 Å². The van der Waals surface area contributed by atoms with E-state index < -0.39 is 5.97 Å². The van der Waals surface area contributed by atoms with Crippen LogP contribution in [0, 0.1) is 11.3 Å². The van der Waals surface area contributed by atoms with Crippen LogP contribution in [-0.2, 0) is 0 Å². The molecule has 2 aromatic heterocycles. The molecule has 0 radical (unpaired) electrons. The number of carboxylic acids is 1. The number of carboxylic acid groups (broad SMARTS) is 1. The molecular formula is C14H14N6O2. The molecule has 0 aliphatic heterocycles. The van der Waals surface area contributed by atoms with Gasteiger partial charge in [-0.3, -0.25) is 0 Å². The molecule has 2 heterocycles. The highest BCUT2D eigenvalue weighted by Gasteiger charge is 2.13. The quantitative estimate of drug-likeness (QED) is 0.765. The molecule has 0 aromatic carbocycles. The highest BCUT2D eigenvalue weighted by molar-refractivity contribution is 5.94. The number of nitrogens with zero attached hydrogens (tertiary/aromatic N) is 4. The summed E-state index contributed by atoms with van der Waals surface area (Å²) in [4.78, 5) is 23.2. The van der Waals surface area contributed by atoms with Gasteiger partial charge in [0.25, 0.3) is 0 Å². The minimum absolute atomic E-state index is 0.0690. The number of anilines is 3. The van der Waals surface area contributed by atoms with Crippen molar-refractivity contribution in [1.82, 2.24) is 15.0 Å². The molecule has 0 spiro atoms. The van der Waals surface area contributed by atoms with Gasteiger partial charge in [0, 0.05) is 18.3 Å². The Morgan fingerprint density at radius 2 is 1.95 bits per heavy atom. The van der Waals surface area contributed by atoms with Gasteiger partial charge in [-0.05, 0) is 13.8 Å². The molecule has 0 fully saturated rings. The average Bonchev–Trinajstić information content (AvgIpc) is 2.47. The van der Waals surface area contributed by atoms with Gasteiger partial charge >= 0.3 is 5.97 Å². The molecule has 0 amide bonds. The van der Waals surface area contributed by atoms with Gasteiger partial charge in [-0.25, -0.2) is 19.7 Å². The van der Waals surface area contributed by atoms with E-state index in [1.54, 1.807) is 6.07 Å². The summed E-state index contributed by atoms with van der Waals surface area (Å²) in [6, 6.07) is 3.57. The molecule has 2 rings (SSSR count). The number of nitriles is 1. The van der Waals surface area contributed by atoms with Gasteiger partial charge in [-0.15, -0.1) is 0 Å². The van der Waals surface area contributed by atoms with Gasteiger partial charge in [0.2, 0.25) is 5.95 Å². The number of aromatic nitrogens is 3. The first kappa shape index (κ1) is 15.2. The molecule has 0 atom stereocenters. The molecule has 0 bridgehead atoms. The fourth-order valence-corrected chi connectivity index (χ4v) is 1.69. The number of rotatable bonds is 5. The molecule has 8 heteroatoms. The van der Waals surface area contributed by atoms with E-state index in [1.165, 1.54) is 18.6 Å². The van der Waals surface area contributed by atoms with Crippen molar-refractivity contribution in [2.45, 2.75) is 19.9 Å². The maximum Gasteiger partial charge on any atom is 0.339 e. The van der Waals surface area contributed by atoms with Gasteiger partial charge in [0.05, 0.1) is 23.6 Å². The van der Waals surface area contributed by atoms with Crippen molar-refractivity contribution in [3.63, 3.8) is 0 Å². The van der Waals surface area contributed by atoms with Crippen LogP contribution in [0.3, 0.4) is 0 Å². The standard InChI is InChI=1S/C14H14N6O2/c1-8(2)19-11-3-12(16-7-10(11)13(21)22)20-14-17-5-9(4-15)6-18-14/h3,5-8H,1-2H3,(H,21,22)(H2,16,17,18,19,20). The predicted molar refractivity (Wildman–Crippen MR) is 80.0 cm³/mol. The first-order valence-corrected chi connectivity index (χ1v) is 6.48. The Balaban J connectivity index is 2.27. The summed E-state index contributed by atoms with van der Waals surface area (Å²) in [7, 11) is 0. The van der Waals surface area contributed by atoms with Crippen LogP contribution < -0.4 is 10.6 Å². The van der Waals surface area contributed by atoms with Gasteiger partial charge in [0.1, 0.15) is 17.5 Å². The number of hydrogen-bond donors (Lipinski definition) is 3. The lowest BCUT2D eigenvalue weighted by molar-refractivity contribution is 0.0697. The summed E-state index contributed by atoms with van der Waals surface area (Å²) in [5.74, 6) is -0.389. The van der Waals surface area contributed by atoms with E-state index in [0.29, 0.717) is 17.1 Å². The van der Waals surface area contributed by atoms with E-state index in [9.17, 15) is 4.79 Å². The fraction of sp³-hybridized carbons (Fsp3) is 0.214. The van der Waals surface area contributed by atoms with E-state index in [4.69, 9.17) is 10.4 Å². The lowest BCUT2D eigenvalue weighted by Crippen LogP contribution is -2.14. The Hall–Kier alpha value is -3.21. The van der Waals surface area contributed by atoms with Crippen molar-refractivity contribution in [3.05, 3.63) is 35.8 Å². The zero-order chi connectivity index (χ0) is 16.1. The van der Waals surface area contributed by atoms with Gasteiger partial charge in [0.15, 0.2) is 0 Å². The molecule has 0 unspecified atom stereocenters. The Labute approximate surface area is 126 Å². The van der Waals surface area contributed by atoms with E-state index in [0.717, 1.165) is 0 Å². The van der Waals surface area contributed by atoms with Crippen molar-refractivity contribution < 1.29 is 9.90 Å². The number of hydrogen-bond acceptors (Lipinski definition) is 7. The minimum atomic E-state index is -1.06. The molecule has 0 saturated heterocycles. The second kappa shape index (κ2) is 6.49. The van der Waals surface area contributed by atoms with Crippen molar-refractivity contribution >= 4 is 23.4 Å². The predicted octanol–water partition coefficient (Wildman–Crippen LogP) is 2.01. The second-order valence-corrected chi connectivity index (χ2v) is 4.75. The number of pyridine rings is 1. The summed E-state index contributed by atoms with van der Waals surface area (Å²) in [5.41, 5.74) is 0.885. The molecule has 2 aromatic rings. The van der Waals surface area contributed by atoms with Gasteiger partial charge < -0.3 is 15.7 Å². The van der Waals surface area contributed by atoms with Crippen LogP contribution in [0.1, 0.15) is 29.8 Å². The molecule has 112 valence electrons. The van der Waals surface area contributed by atoms with Crippen molar-refractivity contribution in [1.29, 1.82) is 5.26 Å². The van der Waals surface area contributed by atoms with Crippen LogP contribution in [0.25, 0.3) is 0 Å². The summed E-state index contributed by atoms with van der Waals surface area (Å²) in [6.45, 7) is 3.81. The molecule has 0 aliphatic rings. The third-order valence-electron chi connectivity index (χ3n) is 2.60. The molecular weight excluding hydrogens is 284 g/mol. The number of nitrogens with one attached hydrogen (secondary N) is 2. The monoisotopic (exact) mass is 298 g/mol. The SMILES string of the molecule is CC(C)Nc1cc(Nc2ncc(C#N)cn2)ncc1C(=O)O. The fourth-order valence-electron chi connectivity index (χ4n) is 1.69. The first-order valence-electron chi connectivity index (χ1n) is 6.48. The Kier molecular flexibility index (Phi) is 4.48. The van der Waals surface area contributed by atoms with Crippen LogP contribution >= 0.6 is 0 Å². The topological polar surface area (TPSA) is 124 Å². The molecule has 8 nitrogen and oxygen atoms in total. The number of aromatic carboxylic acids is 1. The minimum Gasteiger partial charge on any atom is -0.478 e. The van der Waals surface area contributed by atoms with Crippen LogP contribution in [0.4, 0.5) is 17.5 Å². The number of carbonyl (C=O) groups is 1. The smallest absolute Gasteiger partial charge is 0.339 e. The third-order valence-corrected chi connectivity index (χ3v) is 2.60. The highest BCUT2D eigenvalue weighted by Crippen LogP contribution is 2.21. The van der Waals surface area contributed by atoms with E-state index in [-0.39, 0.29) is 17.6 Å². The van der Waals surface area contributed by atoms with Crippen LogP contribution in [-0.4, -0.2) is 32.1 Å². The van der Waals surface area contributed by atoms with Crippen molar-refractivity contribution in [2.75, 3.05) is 10.6 Å². The first-order chi connectivity index (χ1) is 10.5. The van der Waals surface area contributed by atoms with E-state index in [1.807, 2.05) is 19.9 Å². The molecule has 0 saturated carbocycles. The Morgan fingerprint density at radius 1 is 1.27 bits per heavy atom. The summed E-state index contributed by atoms with van der Waals surface area (Å²) in [5, 5.41) is 23.8. The zero-order valence-corrected chi connectivity index (χ0v) is 12.0. The van der Waals surface area contributed by atoms with Crippen molar-refractivity contribution in [3.8, 4) is 6.07 Å². The van der Waals surface area contributed by atoms with Crippen LogP contribution in [0.15, 0.2) is 24.7 Å². The molecule has 0 aliphatic carbocycles. The molecule has 22 heavy (non-hydrogen) atoms. The summed E-state index contributed by atoms with van der Waals surface area (Å²) < 4.78 is 0. The lowest BCUT2D eigenvalue weighted by atomic mass is 10.2.